The molecule has 100 valence electrons. The van der Waals surface area contributed by atoms with Gasteiger partial charge in [-0.2, -0.15) is 0 Å². The third-order valence-electron chi connectivity index (χ3n) is 1.51. The van der Waals surface area contributed by atoms with Crippen molar-refractivity contribution >= 4 is 11.9 Å². The molecule has 0 fully saturated rings. The maximum atomic E-state index is 11.6. The molecule has 0 aromatic rings. The fraction of sp³-hybridized carbons (Fsp3) is 0.778. The Morgan fingerprint density at radius 2 is 1.94 bits per heavy atom. The molecule has 2 N–H and O–H groups in total. The van der Waals surface area contributed by atoms with E-state index in [1.165, 1.54) is 0 Å². The Labute approximate surface area is 96.9 Å². The zero-order valence-corrected chi connectivity index (χ0v) is 9.16. The second kappa shape index (κ2) is 9.91. The summed E-state index contributed by atoms with van der Waals surface area (Å²) in [6, 6.07) is 0. The van der Waals surface area contributed by atoms with E-state index in [9.17, 15) is 18.4 Å². The summed E-state index contributed by atoms with van der Waals surface area (Å²) in [5.41, 5.74) is 0. The first-order valence-electron chi connectivity index (χ1n) is 4.94. The number of rotatable bonds is 10. The minimum absolute atomic E-state index is 0.0222. The van der Waals surface area contributed by atoms with E-state index in [0.717, 1.165) is 0 Å². The Morgan fingerprint density at radius 1 is 1.24 bits per heavy atom. The van der Waals surface area contributed by atoms with Crippen LogP contribution in [0.4, 0.5) is 8.78 Å². The van der Waals surface area contributed by atoms with E-state index in [-0.39, 0.29) is 32.1 Å². The maximum Gasteiger partial charge on any atom is 0.329 e. The molecule has 8 heteroatoms. The molecule has 0 aliphatic heterocycles. The number of carboxylic acid groups (broad SMARTS) is 1. The normalized spacial score (nSPS) is 10.5. The summed E-state index contributed by atoms with van der Waals surface area (Å²) >= 11 is 0. The van der Waals surface area contributed by atoms with Gasteiger partial charge in [0.2, 0.25) is 5.91 Å². The van der Waals surface area contributed by atoms with Gasteiger partial charge in [0, 0.05) is 13.0 Å². The molecule has 0 spiro atoms. The molecule has 17 heavy (non-hydrogen) atoms. The number of carbonyl (C=O) groups is 2. The monoisotopic (exact) mass is 255 g/mol. The van der Waals surface area contributed by atoms with Crippen LogP contribution in [0.2, 0.25) is 0 Å². The minimum Gasteiger partial charge on any atom is -0.480 e. The summed E-state index contributed by atoms with van der Waals surface area (Å²) in [6.45, 7) is -0.939. The molecule has 0 aliphatic carbocycles. The van der Waals surface area contributed by atoms with Gasteiger partial charge >= 0.3 is 5.97 Å². The van der Waals surface area contributed by atoms with Gasteiger partial charge in [0.25, 0.3) is 6.43 Å². The fourth-order valence-electron chi connectivity index (χ4n) is 0.848. The minimum atomic E-state index is -2.54. The fourth-order valence-corrected chi connectivity index (χ4v) is 0.848. The summed E-state index contributed by atoms with van der Waals surface area (Å²) < 4.78 is 32.4. The van der Waals surface area contributed by atoms with E-state index in [2.05, 4.69) is 14.8 Å². The van der Waals surface area contributed by atoms with Crippen molar-refractivity contribution < 1.29 is 33.0 Å². The second-order valence-corrected chi connectivity index (χ2v) is 3.01. The molecule has 0 saturated heterocycles. The number of halogens is 2. The lowest BCUT2D eigenvalue weighted by molar-refractivity contribution is -0.142. The third-order valence-corrected chi connectivity index (χ3v) is 1.51. The molecule has 0 aliphatic rings. The zero-order chi connectivity index (χ0) is 13.1. The van der Waals surface area contributed by atoms with Crippen molar-refractivity contribution in [2.24, 2.45) is 0 Å². The summed E-state index contributed by atoms with van der Waals surface area (Å²) in [6.07, 6.45) is -2.56. The highest BCUT2D eigenvalue weighted by atomic mass is 19.3. The van der Waals surface area contributed by atoms with Crippen molar-refractivity contribution in [2.75, 3.05) is 33.0 Å². The van der Waals surface area contributed by atoms with Crippen molar-refractivity contribution in [1.29, 1.82) is 0 Å². The van der Waals surface area contributed by atoms with Crippen LogP contribution >= 0.6 is 0 Å². The number of carbonyl (C=O) groups excluding carboxylic acids is 1. The molecular formula is C9H15F2NO5. The van der Waals surface area contributed by atoms with Crippen molar-refractivity contribution in [3.63, 3.8) is 0 Å². The van der Waals surface area contributed by atoms with Crippen molar-refractivity contribution in [3.8, 4) is 0 Å². The Bertz CT molecular complexity index is 237. The molecular weight excluding hydrogens is 240 g/mol. The van der Waals surface area contributed by atoms with E-state index in [0.29, 0.717) is 0 Å². The van der Waals surface area contributed by atoms with Crippen molar-refractivity contribution in [3.05, 3.63) is 0 Å². The second-order valence-electron chi connectivity index (χ2n) is 3.01. The predicted molar refractivity (Wildman–Crippen MR) is 52.9 cm³/mol. The molecule has 0 bridgehead atoms. The van der Waals surface area contributed by atoms with Crippen LogP contribution < -0.4 is 5.32 Å². The molecule has 0 heterocycles. The number of hydrogen-bond acceptors (Lipinski definition) is 4. The predicted octanol–water partition coefficient (Wildman–Crippen LogP) is -0.124. The average Bonchev–Trinajstić information content (AvgIpc) is 2.23. The van der Waals surface area contributed by atoms with E-state index in [1.807, 2.05) is 0 Å². The Balaban J connectivity index is 3.26. The van der Waals surface area contributed by atoms with Gasteiger partial charge in [-0.05, 0) is 0 Å². The highest BCUT2D eigenvalue weighted by molar-refractivity contribution is 5.75. The average molecular weight is 255 g/mol. The van der Waals surface area contributed by atoms with Crippen LogP contribution in [0.25, 0.3) is 0 Å². The van der Waals surface area contributed by atoms with Gasteiger partial charge in [0.05, 0.1) is 13.2 Å². The van der Waals surface area contributed by atoms with E-state index in [1.54, 1.807) is 0 Å². The number of aliphatic carboxylic acids is 1. The first-order chi connectivity index (χ1) is 8.02. The Hall–Kier alpha value is -1.28. The lowest BCUT2D eigenvalue weighted by Gasteiger charge is -2.05. The van der Waals surface area contributed by atoms with Gasteiger partial charge in [-0.15, -0.1) is 0 Å². The van der Waals surface area contributed by atoms with E-state index in [4.69, 9.17) is 5.11 Å². The van der Waals surface area contributed by atoms with Gasteiger partial charge in [-0.25, -0.2) is 13.6 Å². The summed E-state index contributed by atoms with van der Waals surface area (Å²) in [5, 5.41) is 10.6. The van der Waals surface area contributed by atoms with Gasteiger partial charge in [-0.3, -0.25) is 4.79 Å². The standard InChI is InChI=1S/C9H15F2NO5/c10-7(11)5-16-3-1-8(13)12-2-4-17-6-9(14)15/h7H,1-6H2,(H,12,13)(H,14,15). The van der Waals surface area contributed by atoms with Crippen LogP contribution in [0.3, 0.4) is 0 Å². The summed E-state index contributed by atoms with van der Waals surface area (Å²) in [7, 11) is 0. The lowest BCUT2D eigenvalue weighted by atomic mass is 10.4. The van der Waals surface area contributed by atoms with Crippen LogP contribution in [0.5, 0.6) is 0 Å². The molecule has 0 unspecified atom stereocenters. The number of carboxylic acids is 1. The summed E-state index contributed by atoms with van der Waals surface area (Å²) in [5.74, 6) is -1.45. The highest BCUT2D eigenvalue weighted by Crippen LogP contribution is 1.93. The van der Waals surface area contributed by atoms with E-state index >= 15 is 0 Å². The number of ether oxygens (including phenoxy) is 2. The topological polar surface area (TPSA) is 84.9 Å². The number of amides is 1. The quantitative estimate of drug-likeness (QED) is 0.531. The van der Waals surface area contributed by atoms with Crippen LogP contribution in [0.15, 0.2) is 0 Å². The van der Waals surface area contributed by atoms with E-state index < -0.39 is 25.6 Å². The third kappa shape index (κ3) is 12.7. The SMILES string of the molecule is O=C(O)COCCNC(=O)CCOCC(F)F. The maximum absolute atomic E-state index is 11.6. The van der Waals surface area contributed by atoms with Crippen LogP contribution in [0.1, 0.15) is 6.42 Å². The molecule has 0 atom stereocenters. The van der Waals surface area contributed by atoms with Crippen LogP contribution in [-0.2, 0) is 19.1 Å². The van der Waals surface area contributed by atoms with Gasteiger partial charge < -0.3 is 19.9 Å². The van der Waals surface area contributed by atoms with Crippen LogP contribution in [-0.4, -0.2) is 56.4 Å². The Kier molecular flexibility index (Phi) is 9.17. The zero-order valence-electron chi connectivity index (χ0n) is 9.16. The molecule has 0 aromatic heterocycles. The first kappa shape index (κ1) is 15.7. The lowest BCUT2D eigenvalue weighted by Crippen LogP contribution is -2.28. The molecule has 0 aromatic carbocycles. The van der Waals surface area contributed by atoms with Gasteiger partial charge in [0.1, 0.15) is 13.2 Å². The van der Waals surface area contributed by atoms with Crippen molar-refractivity contribution in [2.45, 2.75) is 12.8 Å². The van der Waals surface area contributed by atoms with Gasteiger partial charge in [0.15, 0.2) is 0 Å². The molecule has 0 rings (SSSR count). The molecule has 6 nitrogen and oxygen atoms in total. The number of nitrogens with one attached hydrogen (secondary N) is 1. The van der Waals surface area contributed by atoms with Crippen molar-refractivity contribution in [1.82, 2.24) is 5.32 Å². The van der Waals surface area contributed by atoms with Crippen LogP contribution in [0, 0.1) is 0 Å². The molecule has 0 radical (unpaired) electrons. The Morgan fingerprint density at radius 3 is 2.53 bits per heavy atom. The molecule has 1 amide bonds. The smallest absolute Gasteiger partial charge is 0.329 e. The first-order valence-corrected chi connectivity index (χ1v) is 4.94. The molecule has 0 saturated carbocycles. The number of alkyl halides is 2. The number of hydrogen-bond donors (Lipinski definition) is 2. The summed E-state index contributed by atoms with van der Waals surface area (Å²) in [4.78, 5) is 21.1. The highest BCUT2D eigenvalue weighted by Gasteiger charge is 2.04. The van der Waals surface area contributed by atoms with Gasteiger partial charge in [-0.1, -0.05) is 0 Å². The largest absolute Gasteiger partial charge is 0.480 e.